The maximum Gasteiger partial charge on any atom is 0.165 e. The van der Waals surface area contributed by atoms with Crippen molar-refractivity contribution in [3.8, 4) is 28.2 Å². The van der Waals surface area contributed by atoms with Crippen LogP contribution < -0.4 is 0 Å². The lowest BCUT2D eigenvalue weighted by atomic mass is 9.95. The maximum atomic E-state index is 6.51. The summed E-state index contributed by atoms with van der Waals surface area (Å²) in [5.41, 5.74) is 10.1. The molecule has 47 heavy (non-hydrogen) atoms. The first kappa shape index (κ1) is 24.2. The number of aromatic nitrogens is 3. The topological polar surface area (TPSA) is 43.9 Å². The van der Waals surface area contributed by atoms with E-state index in [-0.39, 0.29) is 0 Å². The van der Waals surface area contributed by atoms with E-state index < -0.39 is 0 Å². The SMILES string of the molecule is c1cc2c3c(c1)ccc1c3c3c4c(ccc3n1-c1nc3ccccc3nc1-c1ccc3sc5ccccc5c3c1)oc1cccc-2c14. The van der Waals surface area contributed by atoms with Gasteiger partial charge in [-0.25, -0.2) is 9.97 Å². The fraction of sp³-hybridized carbons (Fsp3) is 0. The normalized spacial score (nSPS) is 12.7. The molecule has 0 atom stereocenters. The summed E-state index contributed by atoms with van der Waals surface area (Å²) in [6, 6.07) is 45.5. The van der Waals surface area contributed by atoms with Gasteiger partial charge in [0.2, 0.25) is 0 Å². The van der Waals surface area contributed by atoms with E-state index >= 15 is 0 Å². The Kier molecular flexibility index (Phi) is 4.33. The fourth-order valence-corrected chi connectivity index (χ4v) is 9.25. The molecule has 0 unspecified atom stereocenters. The number of benzene rings is 7. The number of hydrogen-bond acceptors (Lipinski definition) is 4. The number of hydrogen-bond donors (Lipinski definition) is 0. The number of furan rings is 1. The molecule has 0 saturated heterocycles. The van der Waals surface area contributed by atoms with Gasteiger partial charge in [0.25, 0.3) is 0 Å². The van der Waals surface area contributed by atoms with Crippen LogP contribution in [0.4, 0.5) is 0 Å². The zero-order valence-corrected chi connectivity index (χ0v) is 25.6. The van der Waals surface area contributed by atoms with Crippen molar-refractivity contribution in [2.24, 2.45) is 0 Å². The minimum absolute atomic E-state index is 0.826. The minimum Gasteiger partial charge on any atom is -0.456 e. The first-order valence-electron chi connectivity index (χ1n) is 15.8. The third-order valence-corrected chi connectivity index (χ3v) is 11.3. The number of rotatable bonds is 2. The molecule has 0 saturated carbocycles. The van der Waals surface area contributed by atoms with Crippen molar-refractivity contribution >= 4 is 97.1 Å². The number of fused-ring (bicyclic) bond motifs is 5. The zero-order chi connectivity index (χ0) is 30.4. The Bertz CT molecular complexity index is 3200. The second-order valence-corrected chi connectivity index (χ2v) is 13.6. The summed E-state index contributed by atoms with van der Waals surface area (Å²) >= 11 is 1.83. The maximum absolute atomic E-state index is 6.51. The lowest BCUT2D eigenvalue weighted by molar-refractivity contribution is 0.669. The molecule has 11 aromatic rings. The summed E-state index contributed by atoms with van der Waals surface area (Å²) in [5, 5.41) is 9.80. The molecular weight excluding hydrogens is 595 g/mol. The molecule has 0 fully saturated rings. The predicted molar refractivity (Wildman–Crippen MR) is 196 cm³/mol. The first-order chi connectivity index (χ1) is 23.3. The third kappa shape index (κ3) is 2.98. The molecule has 216 valence electrons. The van der Waals surface area contributed by atoms with E-state index in [0.717, 1.165) is 50.3 Å². The van der Waals surface area contributed by atoms with Crippen molar-refractivity contribution in [1.29, 1.82) is 0 Å². The van der Waals surface area contributed by atoms with Crippen molar-refractivity contribution in [3.63, 3.8) is 0 Å². The van der Waals surface area contributed by atoms with Crippen LogP contribution in [0.2, 0.25) is 0 Å². The van der Waals surface area contributed by atoms with Crippen LogP contribution in [0.5, 0.6) is 0 Å². The molecule has 12 rings (SSSR count). The van der Waals surface area contributed by atoms with Crippen molar-refractivity contribution in [1.82, 2.24) is 14.5 Å². The molecular formula is C42H21N3OS. The van der Waals surface area contributed by atoms with Crippen molar-refractivity contribution < 1.29 is 4.42 Å². The Labute approximate surface area is 270 Å². The largest absolute Gasteiger partial charge is 0.456 e. The highest BCUT2D eigenvalue weighted by molar-refractivity contribution is 7.25. The molecule has 0 aliphatic heterocycles. The predicted octanol–water partition coefficient (Wildman–Crippen LogP) is 11.8. The van der Waals surface area contributed by atoms with Gasteiger partial charge in [-0.15, -0.1) is 11.3 Å². The number of thiophene rings is 1. The first-order valence-corrected chi connectivity index (χ1v) is 16.7. The second kappa shape index (κ2) is 8.40. The summed E-state index contributed by atoms with van der Waals surface area (Å²) in [5.74, 6) is 0.826. The van der Waals surface area contributed by atoms with Crippen LogP contribution in [-0.4, -0.2) is 14.5 Å². The van der Waals surface area contributed by atoms with Gasteiger partial charge in [0.1, 0.15) is 16.9 Å². The molecule has 7 aromatic carbocycles. The van der Waals surface area contributed by atoms with Gasteiger partial charge in [0, 0.05) is 47.3 Å². The third-order valence-electron chi connectivity index (χ3n) is 10.1. The average molecular weight is 616 g/mol. The monoisotopic (exact) mass is 615 g/mol. The molecule has 0 radical (unpaired) electrons. The molecule has 0 N–H and O–H groups in total. The van der Waals surface area contributed by atoms with Crippen LogP contribution in [0.25, 0.3) is 114 Å². The summed E-state index contributed by atoms with van der Waals surface area (Å²) in [7, 11) is 0. The summed E-state index contributed by atoms with van der Waals surface area (Å²) < 4.78 is 11.4. The van der Waals surface area contributed by atoms with Gasteiger partial charge in [-0.1, -0.05) is 72.8 Å². The van der Waals surface area contributed by atoms with Crippen LogP contribution >= 0.6 is 11.3 Å². The molecule has 1 aliphatic rings. The lowest BCUT2D eigenvalue weighted by Crippen LogP contribution is -2.03. The Hall–Kier alpha value is -6.04. The van der Waals surface area contributed by atoms with Gasteiger partial charge in [0.05, 0.1) is 22.1 Å². The van der Waals surface area contributed by atoms with E-state index in [4.69, 9.17) is 14.4 Å². The van der Waals surface area contributed by atoms with Crippen molar-refractivity contribution in [2.45, 2.75) is 0 Å². The molecule has 4 aromatic heterocycles. The smallest absolute Gasteiger partial charge is 0.165 e. The highest BCUT2D eigenvalue weighted by atomic mass is 32.1. The molecule has 0 amide bonds. The highest BCUT2D eigenvalue weighted by Crippen LogP contribution is 2.51. The van der Waals surface area contributed by atoms with E-state index in [1.165, 1.54) is 63.6 Å². The Morgan fingerprint density at radius 1 is 0.511 bits per heavy atom. The van der Waals surface area contributed by atoms with E-state index in [9.17, 15) is 0 Å². The van der Waals surface area contributed by atoms with Gasteiger partial charge in [-0.2, -0.15) is 0 Å². The van der Waals surface area contributed by atoms with E-state index in [1.54, 1.807) is 0 Å². The minimum atomic E-state index is 0.826. The van der Waals surface area contributed by atoms with E-state index in [0.29, 0.717) is 0 Å². The van der Waals surface area contributed by atoms with Crippen LogP contribution in [0.1, 0.15) is 0 Å². The molecule has 0 bridgehead atoms. The van der Waals surface area contributed by atoms with Gasteiger partial charge < -0.3 is 4.42 Å². The standard InChI is InChI=1S/C42H21N3OS/c1-4-14-34-24(8-1)27-21-23(16-20-35(27)47-34)41-42(44-29-12-3-2-11-28(29)43-41)45-30-17-15-22-7-5-9-25-26-10-6-13-32-37(26)40-33(46-32)19-18-31(45)39(40)38(30)36(22)25/h1-21H. The summed E-state index contributed by atoms with van der Waals surface area (Å²) in [6.07, 6.45) is 0. The summed E-state index contributed by atoms with van der Waals surface area (Å²) in [4.78, 5) is 10.8. The van der Waals surface area contributed by atoms with Gasteiger partial charge in [0.15, 0.2) is 5.82 Å². The van der Waals surface area contributed by atoms with Crippen molar-refractivity contribution in [3.05, 3.63) is 127 Å². The Morgan fingerprint density at radius 2 is 1.23 bits per heavy atom. The summed E-state index contributed by atoms with van der Waals surface area (Å²) in [6.45, 7) is 0. The van der Waals surface area contributed by atoms with Crippen LogP contribution in [0.3, 0.4) is 0 Å². The molecule has 5 heteroatoms. The molecule has 4 nitrogen and oxygen atoms in total. The van der Waals surface area contributed by atoms with Crippen LogP contribution in [0, 0.1) is 0 Å². The average Bonchev–Trinajstić information content (AvgIpc) is 3.76. The molecule has 1 aliphatic carbocycles. The van der Waals surface area contributed by atoms with Gasteiger partial charge in [-0.05, 0) is 76.5 Å². The van der Waals surface area contributed by atoms with Gasteiger partial charge >= 0.3 is 0 Å². The highest BCUT2D eigenvalue weighted by Gasteiger charge is 2.28. The fourth-order valence-electron chi connectivity index (χ4n) is 8.17. The van der Waals surface area contributed by atoms with E-state index in [2.05, 4.69) is 120 Å². The number of nitrogens with zero attached hydrogens (tertiary/aromatic N) is 3. The Morgan fingerprint density at radius 3 is 2.15 bits per heavy atom. The quantitative estimate of drug-likeness (QED) is 0.194. The lowest BCUT2D eigenvalue weighted by Gasteiger charge is -2.15. The van der Waals surface area contributed by atoms with Crippen LogP contribution in [-0.2, 0) is 0 Å². The zero-order valence-electron chi connectivity index (χ0n) is 24.8. The van der Waals surface area contributed by atoms with E-state index in [1.807, 2.05) is 23.5 Å². The van der Waals surface area contributed by atoms with Crippen LogP contribution in [0.15, 0.2) is 132 Å². The molecule has 4 heterocycles. The molecule has 0 spiro atoms. The Balaban J connectivity index is 1.29. The number of para-hydroxylation sites is 2. The van der Waals surface area contributed by atoms with Crippen molar-refractivity contribution in [2.75, 3.05) is 0 Å². The van der Waals surface area contributed by atoms with Gasteiger partial charge in [-0.3, -0.25) is 4.57 Å². The second-order valence-electron chi connectivity index (χ2n) is 12.5.